The Kier molecular flexibility index (Phi) is 4.31. The van der Waals surface area contributed by atoms with E-state index in [1.807, 2.05) is 4.83 Å². The molecule has 0 fully saturated rings. The highest BCUT2D eigenvalue weighted by Gasteiger charge is 2.19. The zero-order chi connectivity index (χ0) is 18.4. The van der Waals surface area contributed by atoms with Crippen LogP contribution in [0.5, 0.6) is 0 Å². The zero-order valence-electron chi connectivity index (χ0n) is 13.1. The van der Waals surface area contributed by atoms with Crippen LogP contribution in [0.4, 0.5) is 0 Å². The van der Waals surface area contributed by atoms with Crippen LogP contribution in [0.2, 0.25) is 0 Å². The van der Waals surface area contributed by atoms with E-state index in [0.717, 1.165) is 0 Å². The maximum Gasteiger partial charge on any atom is 0.419 e. The van der Waals surface area contributed by atoms with E-state index in [2.05, 4.69) is 21.4 Å². The average molecular weight is 429 g/mol. The van der Waals surface area contributed by atoms with E-state index < -0.39 is 21.7 Å². The quantitative estimate of drug-likeness (QED) is 0.597. The van der Waals surface area contributed by atoms with Crippen LogP contribution in [0.25, 0.3) is 11.1 Å². The standard InChI is InChI=1S/C14H13BrN4O5S/c1-18-7-8(15)5-11(18)13(20)16-17-25(22,23)9-3-4-10-12(6-9)24-14(21)19(10)2/h3-7,17H,1-2H3,(H,16,20). The van der Waals surface area contributed by atoms with Gasteiger partial charge in [0.15, 0.2) is 5.58 Å². The number of nitrogens with one attached hydrogen (secondary N) is 2. The number of hydrazine groups is 1. The number of hydrogen-bond acceptors (Lipinski definition) is 5. The fraction of sp³-hybridized carbons (Fsp3) is 0.143. The number of hydrogen-bond donors (Lipinski definition) is 2. The van der Waals surface area contributed by atoms with Crippen molar-refractivity contribution in [2.24, 2.45) is 14.1 Å². The van der Waals surface area contributed by atoms with E-state index in [1.54, 1.807) is 23.9 Å². The number of aromatic nitrogens is 2. The summed E-state index contributed by atoms with van der Waals surface area (Å²) >= 11 is 3.23. The summed E-state index contributed by atoms with van der Waals surface area (Å²) in [5.41, 5.74) is 3.00. The monoisotopic (exact) mass is 428 g/mol. The summed E-state index contributed by atoms with van der Waals surface area (Å²) < 4.78 is 33.1. The lowest BCUT2D eigenvalue weighted by Gasteiger charge is -2.09. The van der Waals surface area contributed by atoms with Gasteiger partial charge >= 0.3 is 5.76 Å². The minimum absolute atomic E-state index is 0.132. The molecular weight excluding hydrogens is 416 g/mol. The molecule has 2 N–H and O–H groups in total. The Morgan fingerprint density at radius 1 is 1.24 bits per heavy atom. The predicted octanol–water partition coefficient (Wildman–Crippen LogP) is 0.856. The van der Waals surface area contributed by atoms with Crippen LogP contribution < -0.4 is 16.0 Å². The minimum atomic E-state index is -4.04. The molecule has 1 amide bonds. The first-order chi connectivity index (χ1) is 11.7. The lowest BCUT2D eigenvalue weighted by Crippen LogP contribution is -2.42. The zero-order valence-corrected chi connectivity index (χ0v) is 15.5. The van der Waals surface area contributed by atoms with Gasteiger partial charge in [-0.05, 0) is 34.1 Å². The van der Waals surface area contributed by atoms with Crippen LogP contribution in [0.1, 0.15) is 10.5 Å². The van der Waals surface area contributed by atoms with Crippen molar-refractivity contribution in [3.63, 3.8) is 0 Å². The number of fused-ring (bicyclic) bond motifs is 1. The van der Waals surface area contributed by atoms with Crippen LogP contribution in [0.15, 0.2) is 49.0 Å². The Labute approximate surface area is 150 Å². The summed E-state index contributed by atoms with van der Waals surface area (Å²) in [5, 5.41) is 0. The molecule has 0 atom stereocenters. The third-order valence-electron chi connectivity index (χ3n) is 3.58. The van der Waals surface area contributed by atoms with Gasteiger partial charge in [-0.1, -0.05) is 0 Å². The Hall–Kier alpha value is -2.37. The Balaban J connectivity index is 1.83. The largest absolute Gasteiger partial charge is 0.419 e. The van der Waals surface area contributed by atoms with Crippen molar-refractivity contribution < 1.29 is 17.6 Å². The average Bonchev–Trinajstić information content (AvgIpc) is 3.04. The highest BCUT2D eigenvalue weighted by atomic mass is 79.9. The maximum atomic E-state index is 12.3. The number of amides is 1. The first kappa shape index (κ1) is 17.5. The minimum Gasteiger partial charge on any atom is -0.408 e. The number of rotatable bonds is 4. The molecule has 0 aliphatic rings. The van der Waals surface area contributed by atoms with Crippen LogP contribution in [0.3, 0.4) is 0 Å². The maximum absolute atomic E-state index is 12.3. The van der Waals surface area contributed by atoms with Crippen molar-refractivity contribution in [3.05, 3.63) is 51.2 Å². The third-order valence-corrected chi connectivity index (χ3v) is 5.26. The van der Waals surface area contributed by atoms with Crippen LogP contribution in [-0.2, 0) is 24.1 Å². The first-order valence-corrected chi connectivity index (χ1v) is 9.20. The lowest BCUT2D eigenvalue weighted by molar-refractivity contribution is 0.0937. The smallest absolute Gasteiger partial charge is 0.408 e. The van der Waals surface area contributed by atoms with Crippen molar-refractivity contribution in [1.29, 1.82) is 0 Å². The number of benzene rings is 1. The summed E-state index contributed by atoms with van der Waals surface area (Å²) in [6.07, 6.45) is 1.66. The van der Waals surface area contributed by atoms with Gasteiger partial charge in [0, 0.05) is 30.8 Å². The van der Waals surface area contributed by atoms with Crippen molar-refractivity contribution in [2.45, 2.75) is 4.90 Å². The SMILES string of the molecule is Cn1cc(Br)cc1C(=O)NNS(=O)(=O)c1ccc2c(c1)oc(=O)n2C. The Morgan fingerprint density at radius 2 is 1.96 bits per heavy atom. The van der Waals surface area contributed by atoms with Gasteiger partial charge in [0.1, 0.15) is 5.69 Å². The number of halogens is 1. The number of aryl methyl sites for hydroxylation is 2. The summed E-state index contributed by atoms with van der Waals surface area (Å²) in [7, 11) is -0.874. The molecule has 3 aromatic rings. The lowest BCUT2D eigenvalue weighted by atomic mass is 10.3. The van der Waals surface area contributed by atoms with Crippen molar-refractivity contribution in [3.8, 4) is 0 Å². The van der Waals surface area contributed by atoms with Crippen molar-refractivity contribution in [2.75, 3.05) is 0 Å². The molecule has 2 heterocycles. The first-order valence-electron chi connectivity index (χ1n) is 6.92. The fourth-order valence-electron chi connectivity index (χ4n) is 2.27. The summed E-state index contributed by atoms with van der Waals surface area (Å²) in [6, 6.07) is 5.52. The Bertz CT molecular complexity index is 1140. The molecule has 0 aliphatic heterocycles. The number of carbonyl (C=O) groups excluding carboxylic acids is 1. The van der Waals surface area contributed by atoms with Crippen molar-refractivity contribution >= 4 is 43.0 Å². The third kappa shape index (κ3) is 3.25. The number of sulfonamides is 1. The summed E-state index contributed by atoms with van der Waals surface area (Å²) in [6.45, 7) is 0. The predicted molar refractivity (Wildman–Crippen MR) is 92.4 cm³/mol. The number of carbonyl (C=O) groups is 1. The second kappa shape index (κ2) is 6.17. The van der Waals surface area contributed by atoms with E-state index in [9.17, 15) is 18.0 Å². The van der Waals surface area contributed by atoms with E-state index in [0.29, 0.717) is 9.99 Å². The van der Waals surface area contributed by atoms with Gasteiger partial charge in [-0.2, -0.15) is 0 Å². The second-order valence-corrected chi connectivity index (χ2v) is 7.87. The number of nitrogens with zero attached hydrogens (tertiary/aromatic N) is 2. The second-order valence-electron chi connectivity index (χ2n) is 5.27. The molecule has 0 saturated heterocycles. The molecule has 0 unspecified atom stereocenters. The highest BCUT2D eigenvalue weighted by molar-refractivity contribution is 9.10. The number of oxazole rings is 1. The molecule has 2 aromatic heterocycles. The van der Waals surface area contributed by atoms with Crippen LogP contribution >= 0.6 is 15.9 Å². The van der Waals surface area contributed by atoms with E-state index in [4.69, 9.17) is 4.42 Å². The molecule has 1 aromatic carbocycles. The van der Waals surface area contributed by atoms with Crippen LogP contribution in [0, 0.1) is 0 Å². The van der Waals surface area contributed by atoms with Gasteiger partial charge in [-0.25, -0.2) is 13.2 Å². The molecule has 3 rings (SSSR count). The van der Waals surface area contributed by atoms with Gasteiger partial charge in [0.05, 0.1) is 10.4 Å². The molecule has 0 radical (unpaired) electrons. The molecule has 0 saturated carbocycles. The van der Waals surface area contributed by atoms with Gasteiger partial charge in [-0.3, -0.25) is 14.8 Å². The van der Waals surface area contributed by atoms with E-state index in [1.165, 1.54) is 29.8 Å². The van der Waals surface area contributed by atoms with Gasteiger partial charge in [0.2, 0.25) is 0 Å². The van der Waals surface area contributed by atoms with Gasteiger partial charge < -0.3 is 8.98 Å². The fourth-order valence-corrected chi connectivity index (χ4v) is 3.65. The topological polar surface area (TPSA) is 115 Å². The van der Waals surface area contributed by atoms with Gasteiger partial charge in [0.25, 0.3) is 15.9 Å². The normalized spacial score (nSPS) is 11.8. The molecule has 132 valence electrons. The summed E-state index contributed by atoms with van der Waals surface area (Å²) in [4.78, 5) is 25.4. The van der Waals surface area contributed by atoms with Crippen molar-refractivity contribution in [1.82, 2.24) is 19.4 Å². The van der Waals surface area contributed by atoms with E-state index >= 15 is 0 Å². The van der Waals surface area contributed by atoms with E-state index in [-0.39, 0.29) is 16.2 Å². The van der Waals surface area contributed by atoms with Gasteiger partial charge in [-0.15, -0.1) is 4.83 Å². The molecule has 9 nitrogen and oxygen atoms in total. The molecule has 0 spiro atoms. The molecule has 0 bridgehead atoms. The molecule has 11 heteroatoms. The highest BCUT2D eigenvalue weighted by Crippen LogP contribution is 2.18. The Morgan fingerprint density at radius 3 is 2.60 bits per heavy atom. The molecule has 0 aliphatic carbocycles. The summed E-state index contributed by atoms with van der Waals surface area (Å²) in [5.74, 6) is -1.22. The van der Waals surface area contributed by atoms with Crippen LogP contribution in [-0.4, -0.2) is 23.5 Å². The molecule has 25 heavy (non-hydrogen) atoms. The molecular formula is C14H13BrN4O5S.